The van der Waals surface area contributed by atoms with E-state index in [4.69, 9.17) is 5.26 Å². The maximum absolute atomic E-state index is 8.74. The van der Waals surface area contributed by atoms with Crippen molar-refractivity contribution in [3.05, 3.63) is 54.3 Å². The van der Waals surface area contributed by atoms with E-state index in [9.17, 15) is 0 Å². The lowest BCUT2D eigenvalue weighted by atomic mass is 10.1. The Morgan fingerprint density at radius 1 is 1.17 bits per heavy atom. The fourth-order valence-corrected chi connectivity index (χ4v) is 3.43. The number of benzene rings is 1. The first-order chi connectivity index (χ1) is 8.61. The fraction of sp³-hybridized carbons (Fsp3) is 0.133. The largest absolute Gasteiger partial charge is 0.192 e. The third-order valence-corrected chi connectivity index (χ3v) is 5.89. The highest BCUT2D eigenvalue weighted by Crippen LogP contribution is 2.30. The Hall–Kier alpha value is -1.12. The molecule has 3 heteroatoms. The van der Waals surface area contributed by atoms with Crippen LogP contribution in [0.3, 0.4) is 0 Å². The van der Waals surface area contributed by atoms with Gasteiger partial charge in [0.2, 0.25) is 0 Å². The third-order valence-electron chi connectivity index (χ3n) is 2.74. The van der Waals surface area contributed by atoms with Crippen LogP contribution in [-0.2, 0) is 0 Å². The minimum absolute atomic E-state index is 0.699. The van der Waals surface area contributed by atoms with Crippen LogP contribution in [0.5, 0.6) is 0 Å². The first-order valence-electron chi connectivity index (χ1n) is 5.55. The van der Waals surface area contributed by atoms with Gasteiger partial charge in [-0.3, -0.25) is 0 Å². The van der Waals surface area contributed by atoms with E-state index in [0.717, 1.165) is 5.56 Å². The quantitative estimate of drug-likeness (QED) is 0.687. The number of aryl methyl sites for hydroxylation is 1. The van der Waals surface area contributed by atoms with Crippen LogP contribution in [0, 0.1) is 28.7 Å². The van der Waals surface area contributed by atoms with Crippen molar-refractivity contribution in [3.63, 3.8) is 0 Å². The van der Waals surface area contributed by atoms with Crippen LogP contribution in [0.15, 0.2) is 24.3 Å². The van der Waals surface area contributed by atoms with Crippen molar-refractivity contribution in [3.8, 4) is 6.07 Å². The Kier molecular flexibility index (Phi) is 4.20. The lowest BCUT2D eigenvalue weighted by molar-refractivity contribution is 1.44. The van der Waals surface area contributed by atoms with Gasteiger partial charge in [0.25, 0.3) is 0 Å². The molecule has 90 valence electrons. The van der Waals surface area contributed by atoms with E-state index in [1.54, 1.807) is 0 Å². The zero-order valence-electron chi connectivity index (χ0n) is 10.2. The second-order valence-corrected chi connectivity index (χ2v) is 6.36. The van der Waals surface area contributed by atoms with Gasteiger partial charge >= 0.3 is 0 Å². The van der Waals surface area contributed by atoms with Crippen LogP contribution in [0.2, 0.25) is 0 Å². The number of nitrogens with zero attached hydrogens (tertiary/aromatic N) is 1. The molecule has 0 radical (unpaired) electrons. The highest BCUT2D eigenvalue weighted by Gasteiger charge is 2.06. The fourth-order valence-electron chi connectivity index (χ4n) is 1.66. The molecule has 2 rings (SSSR count). The summed E-state index contributed by atoms with van der Waals surface area (Å²) in [5.74, 6) is 0. The van der Waals surface area contributed by atoms with Crippen LogP contribution in [0.4, 0.5) is 0 Å². The van der Waals surface area contributed by atoms with E-state index < -0.39 is 0 Å². The van der Waals surface area contributed by atoms with E-state index in [1.165, 1.54) is 18.9 Å². The maximum atomic E-state index is 8.74. The Morgan fingerprint density at radius 3 is 2.33 bits per heavy atom. The maximum Gasteiger partial charge on any atom is 0.0991 e. The molecule has 0 saturated heterocycles. The number of rotatable bonds is 2. The Bertz CT molecular complexity index is 630. The molecule has 0 saturated carbocycles. The van der Waals surface area contributed by atoms with Crippen LogP contribution in [-0.4, -0.2) is 0 Å². The lowest BCUT2D eigenvalue weighted by Crippen LogP contribution is -1.76. The first-order valence-corrected chi connectivity index (χ1v) is 7.45. The van der Waals surface area contributed by atoms with E-state index in [2.05, 4.69) is 54.7 Å². The van der Waals surface area contributed by atoms with Gasteiger partial charge in [0.15, 0.2) is 0 Å². The Balaban J connectivity index is 2.24. The molecule has 0 aliphatic heterocycles. The molecular formula is C15H12INS. The molecule has 2 aromatic rings. The average Bonchev–Trinajstić information content (AvgIpc) is 2.64. The topological polar surface area (TPSA) is 23.8 Å². The molecule has 0 aliphatic carbocycles. The number of hydrogen-bond acceptors (Lipinski definition) is 2. The van der Waals surface area contributed by atoms with Crippen molar-refractivity contribution in [1.82, 2.24) is 0 Å². The van der Waals surface area contributed by atoms with E-state index in [1.807, 2.05) is 35.6 Å². The minimum atomic E-state index is 0.699. The zero-order valence-corrected chi connectivity index (χ0v) is 13.2. The van der Waals surface area contributed by atoms with Crippen LogP contribution >= 0.6 is 33.9 Å². The van der Waals surface area contributed by atoms with Gasteiger partial charge in [-0.1, -0.05) is 18.2 Å². The van der Waals surface area contributed by atoms with Gasteiger partial charge in [-0.2, -0.15) is 5.26 Å². The monoisotopic (exact) mass is 365 g/mol. The minimum Gasteiger partial charge on any atom is -0.192 e. The zero-order chi connectivity index (χ0) is 13.1. The summed E-state index contributed by atoms with van der Waals surface area (Å²) in [6, 6.07) is 9.75. The van der Waals surface area contributed by atoms with Crippen LogP contribution in [0.1, 0.15) is 26.4 Å². The third kappa shape index (κ3) is 2.82. The number of nitriles is 1. The molecule has 0 atom stereocenters. The lowest BCUT2D eigenvalue weighted by Gasteiger charge is -1.94. The van der Waals surface area contributed by atoms with Crippen molar-refractivity contribution >= 4 is 46.1 Å². The summed E-state index contributed by atoms with van der Waals surface area (Å²) in [6.45, 7) is 4.31. The van der Waals surface area contributed by atoms with Gasteiger partial charge in [-0.05, 0) is 65.8 Å². The summed E-state index contributed by atoms with van der Waals surface area (Å²) < 4.78 is 1.36. The number of halogens is 1. The molecule has 1 aromatic heterocycles. The molecule has 1 heterocycles. The van der Waals surface area contributed by atoms with Gasteiger partial charge in [0, 0.05) is 13.3 Å². The standard InChI is InChI=1S/C15H12INS/c1-10-14(18-11(2)15(10)16)8-7-12-3-5-13(9-17)6-4-12/h3-8H,1-2H3. The molecular weight excluding hydrogens is 353 g/mol. The summed E-state index contributed by atoms with van der Waals surface area (Å²) in [7, 11) is 0. The van der Waals surface area contributed by atoms with Gasteiger partial charge in [0.05, 0.1) is 11.6 Å². The summed E-state index contributed by atoms with van der Waals surface area (Å²) in [4.78, 5) is 2.67. The van der Waals surface area contributed by atoms with Gasteiger partial charge in [-0.25, -0.2) is 0 Å². The highest BCUT2D eigenvalue weighted by molar-refractivity contribution is 14.1. The van der Waals surface area contributed by atoms with Crippen LogP contribution in [0.25, 0.3) is 12.2 Å². The molecule has 0 aliphatic rings. The van der Waals surface area contributed by atoms with E-state index in [0.29, 0.717) is 5.56 Å². The SMILES string of the molecule is Cc1sc(C=Cc2ccc(C#N)cc2)c(C)c1I. The van der Waals surface area contributed by atoms with Crippen LogP contribution < -0.4 is 0 Å². The first kappa shape index (κ1) is 13.3. The molecule has 1 aromatic carbocycles. The summed E-state index contributed by atoms with van der Waals surface area (Å²) in [5, 5.41) is 8.74. The Labute approximate surface area is 125 Å². The van der Waals surface area contributed by atoms with E-state index in [-0.39, 0.29) is 0 Å². The Morgan fingerprint density at radius 2 is 1.83 bits per heavy atom. The van der Waals surface area contributed by atoms with Gasteiger partial charge in [-0.15, -0.1) is 11.3 Å². The normalized spacial score (nSPS) is 10.8. The second-order valence-electron chi connectivity index (χ2n) is 4.03. The molecule has 0 spiro atoms. The molecule has 1 nitrogen and oxygen atoms in total. The smallest absolute Gasteiger partial charge is 0.0991 e. The highest BCUT2D eigenvalue weighted by atomic mass is 127. The summed E-state index contributed by atoms with van der Waals surface area (Å²) >= 11 is 4.22. The van der Waals surface area contributed by atoms with Crippen molar-refractivity contribution in [2.75, 3.05) is 0 Å². The molecule has 18 heavy (non-hydrogen) atoms. The van der Waals surface area contributed by atoms with Gasteiger partial charge < -0.3 is 0 Å². The van der Waals surface area contributed by atoms with Gasteiger partial charge in [0.1, 0.15) is 0 Å². The van der Waals surface area contributed by atoms with Crippen molar-refractivity contribution in [1.29, 1.82) is 5.26 Å². The number of hydrogen-bond donors (Lipinski definition) is 0. The molecule has 0 unspecified atom stereocenters. The summed E-state index contributed by atoms with van der Waals surface area (Å²) in [6.07, 6.45) is 4.24. The molecule has 0 amide bonds. The van der Waals surface area contributed by atoms with Crippen molar-refractivity contribution in [2.24, 2.45) is 0 Å². The average molecular weight is 365 g/mol. The van der Waals surface area contributed by atoms with Crippen molar-refractivity contribution < 1.29 is 0 Å². The van der Waals surface area contributed by atoms with Crippen molar-refractivity contribution in [2.45, 2.75) is 13.8 Å². The molecule has 0 N–H and O–H groups in total. The van der Waals surface area contributed by atoms with E-state index >= 15 is 0 Å². The second kappa shape index (κ2) is 5.68. The molecule has 0 fully saturated rings. The number of thiophene rings is 1. The predicted octanol–water partition coefficient (Wildman–Crippen LogP) is 5.01. The summed E-state index contributed by atoms with van der Waals surface area (Å²) in [5.41, 5.74) is 3.17. The molecule has 0 bridgehead atoms. The predicted molar refractivity (Wildman–Crippen MR) is 86.6 cm³/mol.